The molecule has 0 saturated carbocycles. The van der Waals surface area contributed by atoms with Gasteiger partial charge in [-0.3, -0.25) is 9.59 Å². The highest BCUT2D eigenvalue weighted by atomic mass is 32.2. The van der Waals surface area contributed by atoms with Gasteiger partial charge in [-0.1, -0.05) is 24.3 Å². The molecule has 1 saturated heterocycles. The molecule has 0 unspecified atom stereocenters. The Bertz CT molecular complexity index is 966. The van der Waals surface area contributed by atoms with E-state index in [1.54, 1.807) is 36.4 Å². The Morgan fingerprint density at radius 3 is 2.29 bits per heavy atom. The van der Waals surface area contributed by atoms with Crippen molar-refractivity contribution in [1.29, 1.82) is 0 Å². The molecule has 1 fully saturated rings. The highest BCUT2D eigenvalue weighted by Gasteiger charge is 2.20. The van der Waals surface area contributed by atoms with Gasteiger partial charge in [-0.25, -0.2) is 8.42 Å². The molecule has 0 radical (unpaired) electrons. The zero-order valence-electron chi connectivity index (χ0n) is 16.0. The van der Waals surface area contributed by atoms with Gasteiger partial charge < -0.3 is 10.2 Å². The fraction of sp³-hybridized carbons (Fsp3) is 0.333. The van der Waals surface area contributed by atoms with Crippen LogP contribution in [-0.4, -0.2) is 37.9 Å². The summed E-state index contributed by atoms with van der Waals surface area (Å²) >= 11 is 0. The third kappa shape index (κ3) is 4.78. The minimum absolute atomic E-state index is 0.178. The van der Waals surface area contributed by atoms with Crippen LogP contribution in [0, 0.1) is 0 Å². The first kappa shape index (κ1) is 20.1. The number of amides is 2. The van der Waals surface area contributed by atoms with Gasteiger partial charge in [-0.05, 0) is 48.7 Å². The second-order valence-corrected chi connectivity index (χ2v) is 9.17. The van der Waals surface area contributed by atoms with E-state index in [9.17, 15) is 18.0 Å². The van der Waals surface area contributed by atoms with Crippen LogP contribution in [0.1, 0.15) is 47.3 Å². The Labute approximate surface area is 165 Å². The summed E-state index contributed by atoms with van der Waals surface area (Å²) in [5, 5.41) is 2.92. The number of carbonyl (C=O) groups excluding carboxylic acids is 2. The normalized spacial score (nSPS) is 15.5. The standard InChI is InChI=1S/C21H24N2O4S/c1-15(17-9-11-19(12-10-17)28(2,26)27)22-21(25)18-7-5-16(6-8-18)14-23-13-3-4-20(23)24/h5-12,15H,3-4,13-14H2,1-2H3,(H,22,25)/t15-/m0/s1. The lowest BCUT2D eigenvalue weighted by Gasteiger charge is -2.17. The van der Waals surface area contributed by atoms with Crippen molar-refractivity contribution in [2.24, 2.45) is 0 Å². The number of likely N-dealkylation sites (tertiary alicyclic amines) is 1. The molecule has 1 heterocycles. The number of hydrogen-bond donors (Lipinski definition) is 1. The number of carbonyl (C=O) groups is 2. The van der Waals surface area contributed by atoms with Crippen LogP contribution in [-0.2, 0) is 21.2 Å². The number of benzene rings is 2. The Morgan fingerprint density at radius 1 is 1.11 bits per heavy atom. The zero-order chi connectivity index (χ0) is 20.3. The van der Waals surface area contributed by atoms with Gasteiger partial charge >= 0.3 is 0 Å². The van der Waals surface area contributed by atoms with E-state index in [4.69, 9.17) is 0 Å². The summed E-state index contributed by atoms with van der Waals surface area (Å²) < 4.78 is 23.1. The molecule has 0 spiro atoms. The first-order chi connectivity index (χ1) is 13.2. The van der Waals surface area contributed by atoms with Gasteiger partial charge in [0.25, 0.3) is 5.91 Å². The molecule has 3 rings (SSSR count). The van der Waals surface area contributed by atoms with E-state index in [0.717, 1.165) is 30.3 Å². The van der Waals surface area contributed by atoms with Gasteiger partial charge in [0.05, 0.1) is 10.9 Å². The molecule has 0 bridgehead atoms. The fourth-order valence-corrected chi connectivity index (χ4v) is 3.85. The van der Waals surface area contributed by atoms with Crippen LogP contribution in [0.15, 0.2) is 53.4 Å². The molecule has 2 aromatic carbocycles. The quantitative estimate of drug-likeness (QED) is 0.808. The monoisotopic (exact) mass is 400 g/mol. The number of nitrogens with one attached hydrogen (secondary N) is 1. The predicted molar refractivity (Wildman–Crippen MR) is 107 cm³/mol. The SMILES string of the molecule is C[C@H](NC(=O)c1ccc(CN2CCCC2=O)cc1)c1ccc(S(C)(=O)=O)cc1. The third-order valence-electron chi connectivity index (χ3n) is 4.92. The second-order valence-electron chi connectivity index (χ2n) is 7.15. The summed E-state index contributed by atoms with van der Waals surface area (Å²) in [4.78, 5) is 26.3. The van der Waals surface area contributed by atoms with Crippen LogP contribution in [0.4, 0.5) is 0 Å². The zero-order valence-corrected chi connectivity index (χ0v) is 16.8. The number of nitrogens with zero attached hydrogens (tertiary/aromatic N) is 1. The maximum Gasteiger partial charge on any atom is 0.251 e. The lowest BCUT2D eigenvalue weighted by Crippen LogP contribution is -2.27. The first-order valence-corrected chi connectivity index (χ1v) is 11.1. The molecule has 1 atom stereocenters. The molecular formula is C21H24N2O4S. The van der Waals surface area contributed by atoms with Gasteiger partial charge in [-0.2, -0.15) is 0 Å². The van der Waals surface area contributed by atoms with Gasteiger partial charge in [-0.15, -0.1) is 0 Å². The summed E-state index contributed by atoms with van der Waals surface area (Å²) in [6, 6.07) is 13.5. The molecule has 1 aliphatic rings. The van der Waals surface area contributed by atoms with Crippen molar-refractivity contribution in [3.8, 4) is 0 Å². The molecule has 2 aromatic rings. The van der Waals surface area contributed by atoms with Crippen molar-refractivity contribution in [3.63, 3.8) is 0 Å². The fourth-order valence-electron chi connectivity index (χ4n) is 3.22. The van der Waals surface area contributed by atoms with Crippen LogP contribution in [0.5, 0.6) is 0 Å². The first-order valence-electron chi connectivity index (χ1n) is 9.21. The Hall–Kier alpha value is -2.67. The van der Waals surface area contributed by atoms with Crippen molar-refractivity contribution in [3.05, 3.63) is 65.2 Å². The number of sulfone groups is 1. The lowest BCUT2D eigenvalue weighted by atomic mass is 10.1. The summed E-state index contributed by atoms with van der Waals surface area (Å²) in [5.74, 6) is -0.0268. The Morgan fingerprint density at radius 2 is 1.75 bits per heavy atom. The highest BCUT2D eigenvalue weighted by Crippen LogP contribution is 2.18. The van der Waals surface area contributed by atoms with Crippen molar-refractivity contribution < 1.29 is 18.0 Å². The van der Waals surface area contributed by atoms with Gasteiger partial charge in [0, 0.05) is 31.3 Å². The molecule has 1 N–H and O–H groups in total. The second kappa shape index (κ2) is 8.14. The Balaban J connectivity index is 1.61. The van der Waals surface area contributed by atoms with Crippen molar-refractivity contribution in [1.82, 2.24) is 10.2 Å². The van der Waals surface area contributed by atoms with E-state index >= 15 is 0 Å². The van der Waals surface area contributed by atoms with Gasteiger partial charge in [0.2, 0.25) is 5.91 Å². The van der Waals surface area contributed by atoms with Crippen LogP contribution in [0.2, 0.25) is 0 Å². The van der Waals surface area contributed by atoms with Gasteiger partial charge in [0.1, 0.15) is 0 Å². The smallest absolute Gasteiger partial charge is 0.251 e. The van der Waals surface area contributed by atoms with E-state index in [1.165, 1.54) is 0 Å². The minimum atomic E-state index is -3.24. The molecule has 2 amide bonds. The molecule has 28 heavy (non-hydrogen) atoms. The molecular weight excluding hydrogens is 376 g/mol. The van der Waals surface area contributed by atoms with Crippen molar-refractivity contribution in [2.45, 2.75) is 37.2 Å². The average Bonchev–Trinajstić information content (AvgIpc) is 3.06. The van der Waals surface area contributed by atoms with Crippen LogP contribution < -0.4 is 5.32 Å². The van der Waals surface area contributed by atoms with Gasteiger partial charge in [0.15, 0.2) is 9.84 Å². The summed E-state index contributed by atoms with van der Waals surface area (Å²) in [6.45, 7) is 3.21. The van der Waals surface area contributed by atoms with E-state index in [0.29, 0.717) is 18.5 Å². The molecule has 7 heteroatoms. The molecule has 6 nitrogen and oxygen atoms in total. The van der Waals surface area contributed by atoms with Crippen LogP contribution in [0.25, 0.3) is 0 Å². The van der Waals surface area contributed by atoms with Crippen molar-refractivity contribution >= 4 is 21.7 Å². The topological polar surface area (TPSA) is 83.6 Å². The van der Waals surface area contributed by atoms with Crippen molar-refractivity contribution in [2.75, 3.05) is 12.8 Å². The van der Waals surface area contributed by atoms with Crippen LogP contribution in [0.3, 0.4) is 0 Å². The number of hydrogen-bond acceptors (Lipinski definition) is 4. The van der Waals surface area contributed by atoms with E-state index in [-0.39, 0.29) is 22.8 Å². The largest absolute Gasteiger partial charge is 0.346 e. The maximum atomic E-state index is 12.5. The molecule has 1 aliphatic heterocycles. The van der Waals surface area contributed by atoms with E-state index in [1.807, 2.05) is 24.0 Å². The maximum absolute atomic E-state index is 12.5. The summed E-state index contributed by atoms with van der Waals surface area (Å²) in [5.41, 5.74) is 2.36. The summed E-state index contributed by atoms with van der Waals surface area (Å²) in [7, 11) is -3.24. The Kier molecular flexibility index (Phi) is 5.84. The highest BCUT2D eigenvalue weighted by molar-refractivity contribution is 7.90. The summed E-state index contributed by atoms with van der Waals surface area (Å²) in [6.07, 6.45) is 2.68. The van der Waals surface area contributed by atoms with E-state index in [2.05, 4.69) is 5.32 Å². The third-order valence-corrected chi connectivity index (χ3v) is 6.05. The molecule has 0 aliphatic carbocycles. The van der Waals surface area contributed by atoms with Crippen LogP contribution >= 0.6 is 0 Å². The average molecular weight is 401 g/mol. The molecule has 148 valence electrons. The predicted octanol–water partition coefficient (Wildman–Crippen LogP) is 2.70. The minimum Gasteiger partial charge on any atom is -0.346 e. The van der Waals surface area contributed by atoms with E-state index < -0.39 is 9.84 Å². The molecule has 0 aromatic heterocycles. The number of rotatable bonds is 6. The lowest BCUT2D eigenvalue weighted by molar-refractivity contribution is -0.128.